The van der Waals surface area contributed by atoms with Crippen LogP contribution in [0.3, 0.4) is 0 Å². The van der Waals surface area contributed by atoms with Gasteiger partial charge < -0.3 is 26.6 Å². The zero-order valence-corrected chi connectivity index (χ0v) is 31.2. The Kier molecular flexibility index (Phi) is 15.3. The van der Waals surface area contributed by atoms with E-state index in [-0.39, 0.29) is 36.0 Å². The van der Waals surface area contributed by atoms with Gasteiger partial charge in [0.1, 0.15) is 6.04 Å². The summed E-state index contributed by atoms with van der Waals surface area (Å²) >= 11 is 0. The van der Waals surface area contributed by atoms with Crippen molar-refractivity contribution in [2.75, 3.05) is 38.0 Å². The van der Waals surface area contributed by atoms with Gasteiger partial charge >= 0.3 is 0 Å². The van der Waals surface area contributed by atoms with Gasteiger partial charge in [-0.15, -0.1) is 22.6 Å². The minimum absolute atomic E-state index is 0. The molecule has 12 nitrogen and oxygen atoms in total. The summed E-state index contributed by atoms with van der Waals surface area (Å²) in [6, 6.07) is 20.1. The first kappa shape index (κ1) is 40.1. The summed E-state index contributed by atoms with van der Waals surface area (Å²) in [5.74, 6) is 0.267. The average molecular weight is 730 g/mol. The highest BCUT2D eigenvalue weighted by Crippen LogP contribution is 2.29. The first-order valence-electron chi connectivity index (χ1n) is 18.1. The number of nitrogens with one attached hydrogen (secondary N) is 4. The SMILES string of the molecule is CCN(CC)CCCNC(=O)c1ccc(C)c(-c2ccc(C[C@H](NC(=O)C3CCC(CN)CC3)C(=O)Nc3ccc(-c4nn[nH]n4)cc3)cc2)c1.Cl. The quantitative estimate of drug-likeness (QED) is 0.0986. The summed E-state index contributed by atoms with van der Waals surface area (Å²) in [4.78, 5) is 42.5. The van der Waals surface area contributed by atoms with Crippen LogP contribution in [0.15, 0.2) is 66.7 Å². The second kappa shape index (κ2) is 19.8. The molecule has 0 unspecified atom stereocenters. The lowest BCUT2D eigenvalue weighted by Gasteiger charge is -2.28. The van der Waals surface area contributed by atoms with Gasteiger partial charge in [-0.25, -0.2) is 0 Å². The van der Waals surface area contributed by atoms with Gasteiger partial charge in [-0.2, -0.15) is 5.21 Å². The average Bonchev–Trinajstić information content (AvgIpc) is 3.71. The van der Waals surface area contributed by atoms with E-state index in [0.717, 1.165) is 79.6 Å². The number of aryl methyl sites for hydroxylation is 1. The molecule has 13 heteroatoms. The first-order valence-corrected chi connectivity index (χ1v) is 18.1. The molecule has 5 rings (SSSR count). The molecule has 1 aliphatic carbocycles. The van der Waals surface area contributed by atoms with Gasteiger partial charge in [-0.1, -0.05) is 44.2 Å². The van der Waals surface area contributed by atoms with Crippen LogP contribution in [0.4, 0.5) is 5.69 Å². The number of tetrazole rings is 1. The smallest absolute Gasteiger partial charge is 0.251 e. The lowest BCUT2D eigenvalue weighted by atomic mass is 9.81. The van der Waals surface area contributed by atoms with Crippen molar-refractivity contribution in [1.82, 2.24) is 36.2 Å². The number of anilines is 1. The van der Waals surface area contributed by atoms with Crippen LogP contribution >= 0.6 is 12.4 Å². The number of halogens is 1. The Morgan fingerprint density at radius 3 is 2.27 bits per heavy atom. The van der Waals surface area contributed by atoms with Crippen LogP contribution in [0.1, 0.15) is 67.4 Å². The van der Waals surface area contributed by atoms with Crippen LogP contribution in [0, 0.1) is 18.8 Å². The van der Waals surface area contributed by atoms with E-state index in [4.69, 9.17) is 5.73 Å². The van der Waals surface area contributed by atoms with Gasteiger partial charge in [-0.3, -0.25) is 14.4 Å². The van der Waals surface area contributed by atoms with E-state index in [1.807, 2.05) is 49.4 Å². The van der Waals surface area contributed by atoms with Crippen LogP contribution < -0.4 is 21.7 Å². The molecule has 1 saturated carbocycles. The molecule has 0 radical (unpaired) electrons. The molecule has 0 aliphatic heterocycles. The second-order valence-corrected chi connectivity index (χ2v) is 13.4. The van der Waals surface area contributed by atoms with Crippen LogP contribution in [0.2, 0.25) is 0 Å². The molecule has 278 valence electrons. The molecule has 3 amide bonds. The lowest BCUT2D eigenvalue weighted by Crippen LogP contribution is -2.48. The Hall–Kier alpha value is -4.65. The summed E-state index contributed by atoms with van der Waals surface area (Å²) in [5, 5.41) is 23.1. The number of carbonyl (C=O) groups excluding carboxylic acids is 3. The van der Waals surface area contributed by atoms with E-state index < -0.39 is 6.04 Å². The standard InChI is InChI=1S/C39H51N9O3.ClH/c1-4-48(5-2)22-6-21-41-37(49)32-12-7-26(3)34(24-32)29-13-8-27(9-14-29)23-35(43-38(50)31-15-10-28(25-40)11-16-31)39(51)42-33-19-17-30(18-20-33)36-44-46-47-45-36;/h7-9,12-14,17-20,24,28,31,35H,4-6,10-11,15-16,21-23,25,40H2,1-3H3,(H,41,49)(H,42,51)(H,43,50)(H,44,45,46,47);1H/t28?,31?,35-;/m0./s1. The van der Waals surface area contributed by atoms with E-state index in [2.05, 4.69) is 55.3 Å². The Labute approximate surface area is 312 Å². The Balaban J connectivity index is 0.00000605. The van der Waals surface area contributed by atoms with Crippen LogP contribution in [-0.4, -0.2) is 82.0 Å². The summed E-state index contributed by atoms with van der Waals surface area (Å²) in [5.41, 5.74) is 11.7. The number of nitrogens with two attached hydrogens (primary N) is 1. The highest BCUT2D eigenvalue weighted by molar-refractivity contribution is 5.98. The highest BCUT2D eigenvalue weighted by atomic mass is 35.5. The maximum Gasteiger partial charge on any atom is 0.251 e. The summed E-state index contributed by atoms with van der Waals surface area (Å²) in [7, 11) is 0. The Bertz CT molecular complexity index is 1720. The number of H-pyrrole nitrogens is 1. The van der Waals surface area contributed by atoms with E-state index in [9.17, 15) is 14.4 Å². The van der Waals surface area contributed by atoms with Gasteiger partial charge in [0.25, 0.3) is 5.91 Å². The minimum atomic E-state index is -0.789. The van der Waals surface area contributed by atoms with Gasteiger partial charge in [-0.05, 0) is 135 Å². The van der Waals surface area contributed by atoms with Crippen molar-refractivity contribution >= 4 is 35.8 Å². The molecule has 1 atom stereocenters. The molecule has 6 N–H and O–H groups in total. The van der Waals surface area contributed by atoms with Crippen LogP contribution in [-0.2, 0) is 16.0 Å². The fraction of sp³-hybridized carbons (Fsp3) is 0.436. The van der Waals surface area contributed by atoms with E-state index in [1.165, 1.54) is 0 Å². The third-order valence-electron chi connectivity index (χ3n) is 9.98. The zero-order valence-electron chi connectivity index (χ0n) is 30.4. The van der Waals surface area contributed by atoms with E-state index in [0.29, 0.717) is 42.5 Å². The molecule has 1 aromatic heterocycles. The van der Waals surface area contributed by atoms with Crippen molar-refractivity contribution in [2.45, 2.75) is 65.3 Å². The van der Waals surface area contributed by atoms with Gasteiger partial charge in [0.15, 0.2) is 0 Å². The third kappa shape index (κ3) is 10.9. The normalized spacial score (nSPS) is 16.1. The number of aromatic amines is 1. The van der Waals surface area contributed by atoms with Crippen molar-refractivity contribution < 1.29 is 14.4 Å². The largest absolute Gasteiger partial charge is 0.352 e. The number of hydrogen-bond acceptors (Lipinski definition) is 8. The number of amides is 3. The monoisotopic (exact) mass is 729 g/mol. The topological polar surface area (TPSA) is 171 Å². The van der Waals surface area contributed by atoms with Crippen LogP contribution in [0.5, 0.6) is 0 Å². The maximum absolute atomic E-state index is 13.7. The summed E-state index contributed by atoms with van der Waals surface area (Å²) in [6.07, 6.45) is 4.57. The van der Waals surface area contributed by atoms with E-state index in [1.54, 1.807) is 24.3 Å². The molecule has 1 fully saturated rings. The van der Waals surface area contributed by atoms with Gasteiger partial charge in [0.05, 0.1) is 0 Å². The van der Waals surface area contributed by atoms with Crippen molar-refractivity contribution in [3.63, 3.8) is 0 Å². The van der Waals surface area contributed by atoms with Gasteiger partial charge in [0.2, 0.25) is 17.6 Å². The molecule has 0 spiro atoms. The molecule has 0 saturated heterocycles. The third-order valence-corrected chi connectivity index (χ3v) is 9.98. The summed E-state index contributed by atoms with van der Waals surface area (Å²) < 4.78 is 0. The number of rotatable bonds is 16. The Morgan fingerprint density at radius 1 is 0.942 bits per heavy atom. The molecule has 4 aromatic rings. The number of benzene rings is 3. The molecular formula is C39H52ClN9O3. The maximum atomic E-state index is 13.7. The molecule has 0 bridgehead atoms. The predicted molar refractivity (Wildman–Crippen MR) is 207 cm³/mol. The van der Waals surface area contributed by atoms with Crippen LogP contribution in [0.25, 0.3) is 22.5 Å². The zero-order chi connectivity index (χ0) is 36.2. The number of carbonyl (C=O) groups is 3. The highest BCUT2D eigenvalue weighted by Gasteiger charge is 2.29. The van der Waals surface area contributed by atoms with E-state index >= 15 is 0 Å². The Morgan fingerprint density at radius 2 is 1.63 bits per heavy atom. The van der Waals surface area contributed by atoms with Crippen molar-refractivity contribution in [1.29, 1.82) is 0 Å². The fourth-order valence-corrected chi connectivity index (χ4v) is 6.65. The minimum Gasteiger partial charge on any atom is -0.352 e. The van der Waals surface area contributed by atoms with Crippen molar-refractivity contribution in [3.8, 4) is 22.5 Å². The fourth-order valence-electron chi connectivity index (χ4n) is 6.65. The second-order valence-electron chi connectivity index (χ2n) is 13.4. The number of hydrogen-bond donors (Lipinski definition) is 5. The number of nitrogens with zero attached hydrogens (tertiary/aromatic N) is 4. The molecule has 1 heterocycles. The molecule has 3 aromatic carbocycles. The van der Waals surface area contributed by atoms with Gasteiger partial charge in [0, 0.05) is 35.7 Å². The molecule has 52 heavy (non-hydrogen) atoms. The van der Waals surface area contributed by atoms with Crippen molar-refractivity contribution in [2.24, 2.45) is 17.6 Å². The molecular weight excluding hydrogens is 678 g/mol. The summed E-state index contributed by atoms with van der Waals surface area (Å²) in [6.45, 7) is 10.5. The number of aromatic nitrogens is 4. The first-order chi connectivity index (χ1) is 24.8. The molecule has 1 aliphatic rings. The predicted octanol–water partition coefficient (Wildman–Crippen LogP) is 5.16. The van der Waals surface area contributed by atoms with Crippen molar-refractivity contribution in [3.05, 3.63) is 83.4 Å². The lowest BCUT2D eigenvalue weighted by molar-refractivity contribution is -0.130.